The second-order valence-electron chi connectivity index (χ2n) is 3.55. The fourth-order valence-corrected chi connectivity index (χ4v) is 1.35. The quantitative estimate of drug-likeness (QED) is 0.610. The Labute approximate surface area is 82.3 Å². The Morgan fingerprint density at radius 2 is 2.50 bits per heavy atom. The number of aryl methyl sites for hydroxylation is 1. The number of rotatable bonds is 3. The number of H-pyrrole nitrogens is 1. The average Bonchev–Trinajstić information content (AvgIpc) is 2.44. The monoisotopic (exact) mass is 194 g/mol. The SMILES string of the molecule is Cc1[nH]cnc1CNC(=O)C1CNC1. The molecule has 1 aliphatic rings. The molecule has 2 heterocycles. The number of carbonyl (C=O) groups is 1. The highest BCUT2D eigenvalue weighted by Crippen LogP contribution is 2.04. The lowest BCUT2D eigenvalue weighted by atomic mass is 10.0. The van der Waals surface area contributed by atoms with E-state index >= 15 is 0 Å². The first-order chi connectivity index (χ1) is 6.77. The second kappa shape index (κ2) is 3.79. The van der Waals surface area contributed by atoms with E-state index in [1.807, 2.05) is 6.92 Å². The van der Waals surface area contributed by atoms with Crippen LogP contribution in [0.4, 0.5) is 0 Å². The minimum Gasteiger partial charge on any atom is -0.350 e. The van der Waals surface area contributed by atoms with Crippen LogP contribution < -0.4 is 10.6 Å². The maximum Gasteiger partial charge on any atom is 0.226 e. The van der Waals surface area contributed by atoms with Gasteiger partial charge < -0.3 is 15.6 Å². The van der Waals surface area contributed by atoms with Crippen LogP contribution in [0.1, 0.15) is 11.4 Å². The van der Waals surface area contributed by atoms with Gasteiger partial charge in [-0.2, -0.15) is 0 Å². The Hall–Kier alpha value is -1.36. The molecular weight excluding hydrogens is 180 g/mol. The van der Waals surface area contributed by atoms with Crippen LogP contribution in [0.5, 0.6) is 0 Å². The highest BCUT2D eigenvalue weighted by atomic mass is 16.2. The van der Waals surface area contributed by atoms with E-state index in [1.54, 1.807) is 6.33 Å². The summed E-state index contributed by atoms with van der Waals surface area (Å²) in [4.78, 5) is 18.5. The fraction of sp³-hybridized carbons (Fsp3) is 0.556. The molecule has 5 heteroatoms. The Kier molecular flexibility index (Phi) is 2.49. The lowest BCUT2D eigenvalue weighted by Gasteiger charge is -2.25. The molecule has 1 aromatic rings. The van der Waals surface area contributed by atoms with Crippen molar-refractivity contribution in [2.75, 3.05) is 13.1 Å². The zero-order chi connectivity index (χ0) is 9.97. The summed E-state index contributed by atoms with van der Waals surface area (Å²) in [7, 11) is 0. The molecule has 2 rings (SSSR count). The molecule has 14 heavy (non-hydrogen) atoms. The summed E-state index contributed by atoms with van der Waals surface area (Å²) in [5, 5.41) is 5.93. The number of hydrogen-bond acceptors (Lipinski definition) is 3. The maximum absolute atomic E-state index is 11.4. The summed E-state index contributed by atoms with van der Waals surface area (Å²) in [6.07, 6.45) is 1.64. The van der Waals surface area contributed by atoms with Crippen molar-refractivity contribution in [3.8, 4) is 0 Å². The second-order valence-corrected chi connectivity index (χ2v) is 3.55. The molecule has 1 amide bonds. The van der Waals surface area contributed by atoms with E-state index in [-0.39, 0.29) is 11.8 Å². The molecule has 1 fully saturated rings. The average molecular weight is 194 g/mol. The number of nitrogens with one attached hydrogen (secondary N) is 3. The molecule has 5 nitrogen and oxygen atoms in total. The Balaban J connectivity index is 1.82. The normalized spacial score (nSPS) is 16.4. The molecule has 0 aromatic carbocycles. The first-order valence-electron chi connectivity index (χ1n) is 4.74. The predicted octanol–water partition coefficient (Wildman–Crippen LogP) is -0.446. The van der Waals surface area contributed by atoms with Gasteiger partial charge in [-0.1, -0.05) is 0 Å². The van der Waals surface area contributed by atoms with Gasteiger partial charge in [0.25, 0.3) is 0 Å². The summed E-state index contributed by atoms with van der Waals surface area (Å²) < 4.78 is 0. The summed E-state index contributed by atoms with van der Waals surface area (Å²) in [6, 6.07) is 0. The van der Waals surface area contributed by atoms with Crippen LogP contribution in [0.2, 0.25) is 0 Å². The minimum atomic E-state index is 0.117. The van der Waals surface area contributed by atoms with E-state index in [9.17, 15) is 4.79 Å². The van der Waals surface area contributed by atoms with Gasteiger partial charge >= 0.3 is 0 Å². The molecule has 0 spiro atoms. The number of amides is 1. The van der Waals surface area contributed by atoms with Crippen LogP contribution in [-0.2, 0) is 11.3 Å². The van der Waals surface area contributed by atoms with E-state index in [2.05, 4.69) is 20.6 Å². The number of imidazole rings is 1. The third kappa shape index (κ3) is 1.77. The first kappa shape index (κ1) is 9.21. The van der Waals surface area contributed by atoms with Crippen molar-refractivity contribution < 1.29 is 4.79 Å². The Morgan fingerprint density at radius 1 is 1.71 bits per heavy atom. The van der Waals surface area contributed by atoms with Gasteiger partial charge in [0.1, 0.15) is 0 Å². The molecule has 1 saturated heterocycles. The smallest absolute Gasteiger partial charge is 0.226 e. The van der Waals surface area contributed by atoms with Crippen molar-refractivity contribution in [3.05, 3.63) is 17.7 Å². The van der Waals surface area contributed by atoms with Crippen LogP contribution in [0.3, 0.4) is 0 Å². The largest absolute Gasteiger partial charge is 0.350 e. The van der Waals surface area contributed by atoms with Gasteiger partial charge in [-0.15, -0.1) is 0 Å². The first-order valence-corrected chi connectivity index (χ1v) is 4.74. The summed E-state index contributed by atoms with van der Waals surface area (Å²) >= 11 is 0. The highest BCUT2D eigenvalue weighted by Gasteiger charge is 2.24. The van der Waals surface area contributed by atoms with E-state index in [4.69, 9.17) is 0 Å². The van der Waals surface area contributed by atoms with Crippen LogP contribution in [-0.4, -0.2) is 29.0 Å². The summed E-state index contributed by atoms with van der Waals surface area (Å²) in [6.45, 7) is 4.06. The zero-order valence-corrected chi connectivity index (χ0v) is 8.13. The van der Waals surface area contributed by atoms with E-state index in [0.29, 0.717) is 6.54 Å². The standard InChI is InChI=1S/C9H14N4O/c1-6-8(13-5-12-6)4-11-9(14)7-2-10-3-7/h5,7,10H,2-4H2,1H3,(H,11,14)(H,12,13). The number of carbonyl (C=O) groups excluding carboxylic acids is 1. The molecular formula is C9H14N4O. The van der Waals surface area contributed by atoms with Crippen LogP contribution >= 0.6 is 0 Å². The lowest BCUT2D eigenvalue weighted by molar-refractivity contribution is -0.126. The van der Waals surface area contributed by atoms with Crippen molar-refractivity contribution in [2.45, 2.75) is 13.5 Å². The minimum absolute atomic E-state index is 0.117. The molecule has 0 bridgehead atoms. The Morgan fingerprint density at radius 3 is 3.00 bits per heavy atom. The van der Waals surface area contributed by atoms with Crippen molar-refractivity contribution in [1.82, 2.24) is 20.6 Å². The van der Waals surface area contributed by atoms with Gasteiger partial charge in [-0.25, -0.2) is 4.98 Å². The van der Waals surface area contributed by atoms with Crippen molar-refractivity contribution in [1.29, 1.82) is 0 Å². The predicted molar refractivity (Wildman–Crippen MR) is 51.5 cm³/mol. The van der Waals surface area contributed by atoms with Crippen molar-refractivity contribution >= 4 is 5.91 Å². The van der Waals surface area contributed by atoms with Gasteiger partial charge in [0, 0.05) is 18.8 Å². The molecule has 0 unspecified atom stereocenters. The number of hydrogen-bond donors (Lipinski definition) is 3. The number of nitrogens with zero attached hydrogens (tertiary/aromatic N) is 1. The number of aromatic amines is 1. The van der Waals surface area contributed by atoms with Crippen molar-refractivity contribution in [2.24, 2.45) is 5.92 Å². The molecule has 1 aliphatic heterocycles. The molecule has 0 saturated carbocycles. The van der Waals surface area contributed by atoms with Gasteiger partial charge in [0.15, 0.2) is 0 Å². The third-order valence-corrected chi connectivity index (χ3v) is 2.52. The highest BCUT2D eigenvalue weighted by molar-refractivity contribution is 5.79. The van der Waals surface area contributed by atoms with E-state index in [0.717, 1.165) is 24.5 Å². The summed E-state index contributed by atoms with van der Waals surface area (Å²) in [5.74, 6) is 0.264. The molecule has 76 valence electrons. The fourth-order valence-electron chi connectivity index (χ4n) is 1.35. The molecule has 0 radical (unpaired) electrons. The maximum atomic E-state index is 11.4. The van der Waals surface area contributed by atoms with E-state index in [1.165, 1.54) is 0 Å². The van der Waals surface area contributed by atoms with Crippen LogP contribution in [0.15, 0.2) is 6.33 Å². The molecule has 3 N–H and O–H groups in total. The van der Waals surface area contributed by atoms with Gasteiger partial charge in [-0.3, -0.25) is 4.79 Å². The zero-order valence-electron chi connectivity index (χ0n) is 8.13. The van der Waals surface area contributed by atoms with Crippen LogP contribution in [0, 0.1) is 12.8 Å². The summed E-state index contributed by atoms with van der Waals surface area (Å²) in [5.41, 5.74) is 1.92. The Bertz CT molecular complexity index is 329. The number of aromatic nitrogens is 2. The lowest BCUT2D eigenvalue weighted by Crippen LogP contribution is -2.50. The molecule has 0 aliphatic carbocycles. The third-order valence-electron chi connectivity index (χ3n) is 2.52. The van der Waals surface area contributed by atoms with Crippen LogP contribution in [0.25, 0.3) is 0 Å². The van der Waals surface area contributed by atoms with Crippen molar-refractivity contribution in [3.63, 3.8) is 0 Å². The van der Waals surface area contributed by atoms with Gasteiger partial charge in [0.05, 0.1) is 24.5 Å². The van der Waals surface area contributed by atoms with E-state index < -0.39 is 0 Å². The molecule has 0 atom stereocenters. The topological polar surface area (TPSA) is 69.8 Å². The van der Waals surface area contributed by atoms with Gasteiger partial charge in [-0.05, 0) is 6.92 Å². The molecule has 1 aromatic heterocycles. The van der Waals surface area contributed by atoms with Gasteiger partial charge in [0.2, 0.25) is 5.91 Å².